The molecule has 2 aromatic carbocycles. The second-order valence-electron chi connectivity index (χ2n) is 7.09. The molecule has 5 nitrogen and oxygen atoms in total. The van der Waals surface area contributed by atoms with Gasteiger partial charge in [-0.1, -0.05) is 18.2 Å². The molecule has 0 spiro atoms. The van der Waals surface area contributed by atoms with E-state index >= 15 is 0 Å². The van der Waals surface area contributed by atoms with Crippen LogP contribution in [-0.2, 0) is 17.6 Å². The van der Waals surface area contributed by atoms with Gasteiger partial charge in [-0.2, -0.15) is 0 Å². The van der Waals surface area contributed by atoms with Crippen LogP contribution in [0.3, 0.4) is 0 Å². The Kier molecular flexibility index (Phi) is 5.90. The van der Waals surface area contributed by atoms with Gasteiger partial charge in [0.25, 0.3) is 11.1 Å². The Morgan fingerprint density at radius 1 is 1.00 bits per heavy atom. The van der Waals surface area contributed by atoms with E-state index in [1.807, 2.05) is 30.3 Å². The van der Waals surface area contributed by atoms with Gasteiger partial charge < -0.3 is 9.47 Å². The predicted octanol–water partition coefficient (Wildman–Crippen LogP) is 4.69. The quantitative estimate of drug-likeness (QED) is 0.648. The number of ether oxygens (including phenoxy) is 2. The zero-order valence-corrected chi connectivity index (χ0v) is 17.2. The number of benzene rings is 2. The SMILES string of the molecule is COc1ccc(C=C2SC(=O)N(CCOc3ccc4c(c3)CCCC4)C2=O)cc1. The van der Waals surface area contributed by atoms with E-state index < -0.39 is 0 Å². The Balaban J connectivity index is 1.36. The number of nitrogens with zero attached hydrogens (tertiary/aromatic N) is 1. The third kappa shape index (κ3) is 4.48. The molecule has 1 aliphatic heterocycles. The van der Waals surface area contributed by atoms with Crippen LogP contribution in [0.4, 0.5) is 4.79 Å². The van der Waals surface area contributed by atoms with Gasteiger partial charge in [0, 0.05) is 0 Å². The van der Waals surface area contributed by atoms with E-state index in [1.54, 1.807) is 13.2 Å². The van der Waals surface area contributed by atoms with Crippen LogP contribution in [0.5, 0.6) is 11.5 Å². The summed E-state index contributed by atoms with van der Waals surface area (Å²) in [7, 11) is 1.60. The fourth-order valence-electron chi connectivity index (χ4n) is 3.60. The Labute approximate surface area is 174 Å². The summed E-state index contributed by atoms with van der Waals surface area (Å²) >= 11 is 0.963. The number of carbonyl (C=O) groups excluding carboxylic acids is 2. The average molecular weight is 410 g/mol. The van der Waals surface area contributed by atoms with Gasteiger partial charge in [0.05, 0.1) is 18.6 Å². The summed E-state index contributed by atoms with van der Waals surface area (Å²) in [6.45, 7) is 0.522. The molecule has 4 rings (SSSR count). The fraction of sp³-hybridized carbons (Fsp3) is 0.304. The van der Waals surface area contributed by atoms with Gasteiger partial charge in [-0.15, -0.1) is 0 Å². The molecular weight excluding hydrogens is 386 g/mol. The molecular formula is C23H23NO4S. The monoisotopic (exact) mass is 409 g/mol. The Bertz CT molecular complexity index is 952. The maximum atomic E-state index is 12.6. The van der Waals surface area contributed by atoms with Gasteiger partial charge in [0.15, 0.2) is 0 Å². The summed E-state index contributed by atoms with van der Waals surface area (Å²) in [5, 5.41) is -0.260. The first-order chi connectivity index (χ1) is 14.1. The van der Waals surface area contributed by atoms with Crippen molar-refractivity contribution >= 4 is 29.0 Å². The molecule has 29 heavy (non-hydrogen) atoms. The Hall–Kier alpha value is -2.73. The number of amides is 2. The van der Waals surface area contributed by atoms with E-state index in [0.717, 1.165) is 41.7 Å². The molecule has 150 valence electrons. The summed E-state index contributed by atoms with van der Waals surface area (Å²) in [6, 6.07) is 13.5. The van der Waals surface area contributed by atoms with Gasteiger partial charge in [-0.05, 0) is 84.5 Å². The molecule has 1 fully saturated rings. The molecule has 1 saturated heterocycles. The second-order valence-corrected chi connectivity index (χ2v) is 8.09. The average Bonchev–Trinajstić information content (AvgIpc) is 3.01. The maximum absolute atomic E-state index is 12.6. The molecule has 2 aromatic rings. The first kappa shape index (κ1) is 19.6. The van der Waals surface area contributed by atoms with E-state index in [4.69, 9.17) is 9.47 Å². The van der Waals surface area contributed by atoms with Crippen LogP contribution in [0.1, 0.15) is 29.5 Å². The van der Waals surface area contributed by atoms with Crippen molar-refractivity contribution < 1.29 is 19.1 Å². The minimum atomic E-state index is -0.273. The molecule has 0 saturated carbocycles. The molecule has 0 bridgehead atoms. The van der Waals surface area contributed by atoms with Gasteiger partial charge in [0.1, 0.15) is 18.1 Å². The third-order valence-corrected chi connectivity index (χ3v) is 6.10. The summed E-state index contributed by atoms with van der Waals surface area (Å²) in [6.07, 6.45) is 6.41. The van der Waals surface area contributed by atoms with Crippen LogP contribution in [0, 0.1) is 0 Å². The van der Waals surface area contributed by atoms with Gasteiger partial charge in [-0.3, -0.25) is 14.5 Å². The topological polar surface area (TPSA) is 55.8 Å². The van der Waals surface area contributed by atoms with Crippen molar-refractivity contribution in [3.05, 3.63) is 64.1 Å². The number of rotatable bonds is 6. The maximum Gasteiger partial charge on any atom is 0.293 e. The largest absolute Gasteiger partial charge is 0.497 e. The van der Waals surface area contributed by atoms with Gasteiger partial charge in [0.2, 0.25) is 0 Å². The van der Waals surface area contributed by atoms with E-state index in [9.17, 15) is 9.59 Å². The van der Waals surface area contributed by atoms with Crippen molar-refractivity contribution in [3.8, 4) is 11.5 Å². The van der Waals surface area contributed by atoms with Crippen LogP contribution in [-0.4, -0.2) is 36.3 Å². The van der Waals surface area contributed by atoms with Crippen molar-refractivity contribution in [2.75, 3.05) is 20.3 Å². The molecule has 6 heteroatoms. The van der Waals surface area contributed by atoms with Crippen LogP contribution >= 0.6 is 11.8 Å². The lowest BCUT2D eigenvalue weighted by Gasteiger charge is -2.17. The van der Waals surface area contributed by atoms with E-state index in [-0.39, 0.29) is 24.3 Å². The minimum Gasteiger partial charge on any atom is -0.497 e. The standard InChI is InChI=1S/C23H23NO4S/c1-27-19-9-6-16(7-10-19)14-21-22(25)24(23(26)29-21)12-13-28-20-11-8-17-4-2-3-5-18(17)15-20/h6-11,14-15H,2-5,12-13H2,1H3. The molecule has 2 amide bonds. The molecule has 1 aliphatic carbocycles. The normalized spacial score (nSPS) is 17.6. The predicted molar refractivity (Wildman–Crippen MR) is 114 cm³/mol. The number of fused-ring (bicyclic) bond motifs is 1. The lowest BCUT2D eigenvalue weighted by Crippen LogP contribution is -2.32. The highest BCUT2D eigenvalue weighted by atomic mass is 32.2. The minimum absolute atomic E-state index is 0.238. The number of aryl methyl sites for hydroxylation is 2. The van der Waals surface area contributed by atoms with E-state index in [1.165, 1.54) is 28.9 Å². The highest BCUT2D eigenvalue weighted by molar-refractivity contribution is 8.18. The number of methoxy groups -OCH3 is 1. The van der Waals surface area contributed by atoms with Crippen molar-refractivity contribution in [1.82, 2.24) is 4.90 Å². The highest BCUT2D eigenvalue weighted by Gasteiger charge is 2.34. The molecule has 1 heterocycles. The zero-order chi connectivity index (χ0) is 20.2. The third-order valence-electron chi connectivity index (χ3n) is 5.19. The zero-order valence-electron chi connectivity index (χ0n) is 16.3. The molecule has 0 atom stereocenters. The smallest absolute Gasteiger partial charge is 0.293 e. The molecule has 0 radical (unpaired) electrons. The number of carbonyl (C=O) groups is 2. The molecule has 0 unspecified atom stereocenters. The van der Waals surface area contributed by atoms with Crippen molar-refractivity contribution in [1.29, 1.82) is 0 Å². The van der Waals surface area contributed by atoms with Crippen molar-refractivity contribution in [2.45, 2.75) is 25.7 Å². The fourth-order valence-corrected chi connectivity index (χ4v) is 4.46. The summed E-state index contributed by atoms with van der Waals surface area (Å²) in [5.74, 6) is 1.27. The van der Waals surface area contributed by atoms with Crippen molar-refractivity contribution in [2.24, 2.45) is 0 Å². The lowest BCUT2D eigenvalue weighted by molar-refractivity contribution is -0.123. The number of hydrogen-bond donors (Lipinski definition) is 0. The second kappa shape index (κ2) is 8.74. The van der Waals surface area contributed by atoms with Crippen LogP contribution in [0.2, 0.25) is 0 Å². The summed E-state index contributed by atoms with van der Waals surface area (Å²) in [5.41, 5.74) is 3.60. The summed E-state index contributed by atoms with van der Waals surface area (Å²) in [4.78, 5) is 26.6. The molecule has 0 N–H and O–H groups in total. The number of thioether (sulfide) groups is 1. The van der Waals surface area contributed by atoms with Crippen LogP contribution in [0.15, 0.2) is 47.4 Å². The van der Waals surface area contributed by atoms with Crippen LogP contribution < -0.4 is 9.47 Å². The molecule has 2 aliphatic rings. The van der Waals surface area contributed by atoms with E-state index in [2.05, 4.69) is 12.1 Å². The van der Waals surface area contributed by atoms with Crippen LogP contribution in [0.25, 0.3) is 6.08 Å². The van der Waals surface area contributed by atoms with E-state index in [0.29, 0.717) is 4.91 Å². The molecule has 0 aromatic heterocycles. The summed E-state index contributed by atoms with van der Waals surface area (Å²) < 4.78 is 11.0. The van der Waals surface area contributed by atoms with Crippen molar-refractivity contribution in [3.63, 3.8) is 0 Å². The first-order valence-corrected chi connectivity index (χ1v) is 10.6. The van der Waals surface area contributed by atoms with Gasteiger partial charge >= 0.3 is 0 Å². The first-order valence-electron chi connectivity index (χ1n) is 9.78. The Morgan fingerprint density at radius 2 is 1.72 bits per heavy atom. The Morgan fingerprint density at radius 3 is 2.48 bits per heavy atom. The highest BCUT2D eigenvalue weighted by Crippen LogP contribution is 2.32. The number of hydrogen-bond acceptors (Lipinski definition) is 5. The number of imide groups is 1. The lowest BCUT2D eigenvalue weighted by atomic mass is 9.92. The van der Waals surface area contributed by atoms with Gasteiger partial charge in [-0.25, -0.2) is 0 Å².